The van der Waals surface area contributed by atoms with Gasteiger partial charge in [-0.1, -0.05) is 13.8 Å². The first kappa shape index (κ1) is 21.0. The smallest absolute Gasteiger partial charge is 0.265 e. The molecule has 1 aliphatic rings. The molecule has 1 saturated heterocycles. The number of sulfonamides is 1. The Kier molecular flexibility index (Phi) is 6.04. The highest BCUT2D eigenvalue weighted by molar-refractivity contribution is 7.89. The van der Waals surface area contributed by atoms with Crippen molar-refractivity contribution in [2.24, 2.45) is 11.8 Å². The van der Waals surface area contributed by atoms with Gasteiger partial charge in [0, 0.05) is 30.9 Å². The summed E-state index contributed by atoms with van der Waals surface area (Å²) in [5, 5.41) is 4.85. The van der Waals surface area contributed by atoms with Crippen LogP contribution in [-0.4, -0.2) is 41.5 Å². The normalized spacial score (nSPS) is 20.3. The topological polar surface area (TPSA) is 121 Å². The van der Waals surface area contributed by atoms with E-state index in [1.54, 1.807) is 0 Å². The quantitative estimate of drug-likeness (QED) is 0.742. The summed E-state index contributed by atoms with van der Waals surface area (Å²) >= 11 is 0. The highest BCUT2D eigenvalue weighted by Crippen LogP contribution is 2.27. The van der Waals surface area contributed by atoms with E-state index in [0.717, 1.165) is 23.2 Å². The number of nitrogens with one attached hydrogen (secondary N) is 2. The molecule has 0 unspecified atom stereocenters. The van der Waals surface area contributed by atoms with Crippen LogP contribution < -0.4 is 16.4 Å². The summed E-state index contributed by atoms with van der Waals surface area (Å²) in [6.07, 6.45) is 1.01. The van der Waals surface area contributed by atoms with E-state index in [4.69, 9.17) is 0 Å². The van der Waals surface area contributed by atoms with Crippen molar-refractivity contribution in [1.29, 1.82) is 0 Å². The van der Waals surface area contributed by atoms with E-state index in [9.17, 15) is 22.8 Å². The van der Waals surface area contributed by atoms with Crippen LogP contribution in [0.15, 0.2) is 50.9 Å². The fraction of sp³-hybridized carbons (Fsp3) is 0.421. The van der Waals surface area contributed by atoms with Crippen molar-refractivity contribution < 1.29 is 13.2 Å². The summed E-state index contributed by atoms with van der Waals surface area (Å²) in [5.41, 5.74) is -0.611. The average molecular weight is 420 g/mol. The number of carbonyl (C=O) groups is 1. The molecule has 29 heavy (non-hydrogen) atoms. The average Bonchev–Trinajstić information content (AvgIpc) is 2.64. The van der Waals surface area contributed by atoms with Gasteiger partial charge in [-0.2, -0.15) is 4.31 Å². The van der Waals surface area contributed by atoms with E-state index in [1.165, 1.54) is 28.6 Å². The predicted molar refractivity (Wildman–Crippen MR) is 108 cm³/mol. The molecule has 2 atom stereocenters. The summed E-state index contributed by atoms with van der Waals surface area (Å²) in [6.45, 7) is 4.72. The second-order valence-electron chi connectivity index (χ2n) is 7.57. The highest BCUT2D eigenvalue weighted by Gasteiger charge is 2.31. The SMILES string of the molecule is C[C@@H]1C[C@@H](C)CN(S(=O)(=O)c2ccc(NC(=O)Cn3[nH]c(=O)ccc3=O)cc2)C1. The molecular formula is C19H24N4O5S. The van der Waals surface area contributed by atoms with E-state index in [-0.39, 0.29) is 11.4 Å². The molecule has 156 valence electrons. The summed E-state index contributed by atoms with van der Waals surface area (Å²) in [6, 6.07) is 8.06. The fourth-order valence-corrected chi connectivity index (χ4v) is 5.26. The van der Waals surface area contributed by atoms with Crippen LogP contribution in [0.4, 0.5) is 5.69 Å². The number of nitrogens with zero attached hydrogens (tertiary/aromatic N) is 2. The third-order valence-electron chi connectivity index (χ3n) is 4.80. The number of carbonyl (C=O) groups excluding carboxylic acids is 1. The zero-order chi connectivity index (χ0) is 21.2. The molecule has 3 rings (SSSR count). The standard InChI is InChI=1S/C19H24N4O5S/c1-13-9-14(2)11-22(10-13)29(27,28)16-5-3-15(4-6-16)20-18(25)12-23-19(26)8-7-17(24)21-23/h3-8,13-14H,9-12H2,1-2H3,(H,20,25)(H,21,24)/t13-,14-/m1/s1. The van der Waals surface area contributed by atoms with Crippen molar-refractivity contribution >= 4 is 21.6 Å². The van der Waals surface area contributed by atoms with Crippen molar-refractivity contribution in [2.75, 3.05) is 18.4 Å². The summed E-state index contributed by atoms with van der Waals surface area (Å²) < 4.78 is 28.2. The first-order valence-corrected chi connectivity index (χ1v) is 10.8. The Labute approximate surface area is 168 Å². The number of hydrogen-bond acceptors (Lipinski definition) is 5. The van der Waals surface area contributed by atoms with Gasteiger partial charge in [-0.15, -0.1) is 0 Å². The molecule has 0 aliphatic carbocycles. The molecule has 9 nitrogen and oxygen atoms in total. The molecule has 0 spiro atoms. The first-order valence-electron chi connectivity index (χ1n) is 9.35. The van der Waals surface area contributed by atoms with E-state index in [1.807, 2.05) is 13.8 Å². The molecule has 1 amide bonds. The van der Waals surface area contributed by atoms with Crippen LogP contribution in [0.3, 0.4) is 0 Å². The lowest BCUT2D eigenvalue weighted by Crippen LogP contribution is -2.42. The molecule has 1 aromatic heterocycles. The lowest BCUT2D eigenvalue weighted by atomic mass is 9.94. The molecule has 1 aromatic carbocycles. The number of benzene rings is 1. The molecule has 2 N–H and O–H groups in total. The second kappa shape index (κ2) is 8.34. The van der Waals surface area contributed by atoms with Crippen LogP contribution in [0.25, 0.3) is 0 Å². The Morgan fingerprint density at radius 2 is 1.69 bits per heavy atom. The second-order valence-corrected chi connectivity index (χ2v) is 9.51. The van der Waals surface area contributed by atoms with Gasteiger partial charge in [0.2, 0.25) is 15.9 Å². The van der Waals surface area contributed by atoms with Crippen molar-refractivity contribution in [3.8, 4) is 0 Å². The lowest BCUT2D eigenvalue weighted by molar-refractivity contribution is -0.117. The lowest BCUT2D eigenvalue weighted by Gasteiger charge is -2.34. The van der Waals surface area contributed by atoms with Gasteiger partial charge in [0.1, 0.15) is 6.54 Å². The minimum Gasteiger partial charge on any atom is -0.324 e. The summed E-state index contributed by atoms with van der Waals surface area (Å²) in [5.74, 6) is 0.0862. The molecule has 2 aromatic rings. The third kappa shape index (κ3) is 5.01. The number of anilines is 1. The van der Waals surface area contributed by atoms with Crippen LogP contribution >= 0.6 is 0 Å². The molecule has 0 saturated carbocycles. The number of amides is 1. The molecule has 1 fully saturated rings. The molecule has 0 radical (unpaired) electrons. The number of aromatic nitrogens is 2. The Morgan fingerprint density at radius 1 is 1.07 bits per heavy atom. The molecule has 10 heteroatoms. The van der Waals surface area contributed by atoms with Gasteiger partial charge in [0.25, 0.3) is 11.1 Å². The first-order chi connectivity index (χ1) is 13.6. The van der Waals surface area contributed by atoms with E-state index in [2.05, 4.69) is 10.4 Å². The van der Waals surface area contributed by atoms with Gasteiger partial charge >= 0.3 is 0 Å². The molecule has 1 aliphatic heterocycles. The number of rotatable bonds is 5. The van der Waals surface area contributed by atoms with Crippen LogP contribution in [0.5, 0.6) is 0 Å². The summed E-state index contributed by atoms with van der Waals surface area (Å²) in [4.78, 5) is 35.2. The Bertz CT molecular complexity index is 1090. The van der Waals surface area contributed by atoms with Crippen molar-refractivity contribution in [3.05, 3.63) is 57.1 Å². The minimum absolute atomic E-state index is 0.167. The van der Waals surface area contributed by atoms with Gasteiger partial charge in [-0.3, -0.25) is 19.5 Å². The van der Waals surface area contributed by atoms with E-state index in [0.29, 0.717) is 30.6 Å². The van der Waals surface area contributed by atoms with Gasteiger partial charge in [0.15, 0.2) is 0 Å². The molecule has 2 heterocycles. The third-order valence-corrected chi connectivity index (χ3v) is 6.65. The maximum atomic E-state index is 12.9. The van der Waals surface area contributed by atoms with Crippen molar-refractivity contribution in [3.63, 3.8) is 0 Å². The number of piperidine rings is 1. The van der Waals surface area contributed by atoms with E-state index >= 15 is 0 Å². The molecular weight excluding hydrogens is 396 g/mol. The van der Waals surface area contributed by atoms with Crippen LogP contribution in [0, 0.1) is 11.8 Å². The Hall–Kier alpha value is -2.72. The molecule has 0 bridgehead atoms. The summed E-state index contributed by atoms with van der Waals surface area (Å²) in [7, 11) is -3.60. The highest BCUT2D eigenvalue weighted by atomic mass is 32.2. The monoisotopic (exact) mass is 420 g/mol. The zero-order valence-electron chi connectivity index (χ0n) is 16.3. The van der Waals surface area contributed by atoms with Gasteiger partial charge in [0.05, 0.1) is 4.90 Å². The van der Waals surface area contributed by atoms with Crippen molar-refractivity contribution in [2.45, 2.75) is 31.7 Å². The number of aromatic amines is 1. The largest absolute Gasteiger partial charge is 0.324 e. The van der Waals surface area contributed by atoms with E-state index < -0.39 is 27.0 Å². The van der Waals surface area contributed by atoms with Crippen LogP contribution in [0.2, 0.25) is 0 Å². The van der Waals surface area contributed by atoms with Crippen molar-refractivity contribution in [1.82, 2.24) is 14.1 Å². The van der Waals surface area contributed by atoms with Crippen LogP contribution in [0.1, 0.15) is 20.3 Å². The van der Waals surface area contributed by atoms with Crippen LogP contribution in [-0.2, 0) is 21.4 Å². The number of hydrogen-bond donors (Lipinski definition) is 2. The van der Waals surface area contributed by atoms with Gasteiger partial charge < -0.3 is 5.32 Å². The van der Waals surface area contributed by atoms with Gasteiger partial charge in [-0.25, -0.2) is 13.1 Å². The number of H-pyrrole nitrogens is 1. The zero-order valence-corrected chi connectivity index (χ0v) is 17.1. The maximum absolute atomic E-state index is 12.9. The predicted octanol–water partition coefficient (Wildman–Crippen LogP) is 0.842. The maximum Gasteiger partial charge on any atom is 0.265 e. The minimum atomic E-state index is -3.60. The Morgan fingerprint density at radius 3 is 2.31 bits per heavy atom. The Balaban J connectivity index is 1.69. The van der Waals surface area contributed by atoms with Gasteiger partial charge in [-0.05, 0) is 42.5 Å². The fourth-order valence-electron chi connectivity index (χ4n) is 3.59.